The molecule has 1 aliphatic heterocycles. The first-order valence-corrected chi connectivity index (χ1v) is 10.3. The molecule has 2 atom stereocenters. The van der Waals surface area contributed by atoms with Crippen molar-refractivity contribution in [2.45, 2.75) is 64.8 Å². The Bertz CT molecular complexity index is 1060. The van der Waals surface area contributed by atoms with Gasteiger partial charge in [0.2, 0.25) is 0 Å². The van der Waals surface area contributed by atoms with Crippen molar-refractivity contribution < 1.29 is 41.7 Å². The maximum Gasteiger partial charge on any atom is 0.425 e. The van der Waals surface area contributed by atoms with Crippen molar-refractivity contribution in [3.05, 3.63) is 39.8 Å². The van der Waals surface area contributed by atoms with E-state index < -0.39 is 53.0 Å². The van der Waals surface area contributed by atoms with Gasteiger partial charge in [0.25, 0.3) is 0 Å². The van der Waals surface area contributed by atoms with Gasteiger partial charge in [-0.05, 0) is 39.2 Å². The van der Waals surface area contributed by atoms with Crippen LogP contribution in [0.15, 0.2) is 16.9 Å². The maximum absolute atomic E-state index is 14.7. The molecule has 0 aliphatic carbocycles. The third-order valence-electron chi connectivity index (χ3n) is 5.06. The number of carbonyl (C=O) groups is 1. The van der Waals surface area contributed by atoms with E-state index in [4.69, 9.17) is 14.2 Å². The lowest BCUT2D eigenvalue weighted by Crippen LogP contribution is -2.32. The Morgan fingerprint density at radius 2 is 2.09 bits per heavy atom. The van der Waals surface area contributed by atoms with Gasteiger partial charge in [-0.2, -0.15) is 17.9 Å². The van der Waals surface area contributed by atoms with E-state index >= 15 is 0 Å². The summed E-state index contributed by atoms with van der Waals surface area (Å²) in [5.41, 5.74) is -2.16. The number of benzene rings is 1. The number of alkyl halides is 3. The number of rotatable bonds is 8. The first kappa shape index (κ1) is 24.7. The van der Waals surface area contributed by atoms with Gasteiger partial charge < -0.3 is 19.3 Å². The zero-order valence-corrected chi connectivity index (χ0v) is 17.9. The highest BCUT2D eigenvalue weighted by molar-refractivity contribution is 5.91. The Hall–Kier alpha value is -2.93. The average Bonchev–Trinajstić information content (AvgIpc) is 3.08. The van der Waals surface area contributed by atoms with Crippen LogP contribution in [0.3, 0.4) is 0 Å². The molecule has 33 heavy (non-hydrogen) atoms. The molecule has 1 aromatic heterocycles. The van der Waals surface area contributed by atoms with Gasteiger partial charge in [0, 0.05) is 19.2 Å². The second kappa shape index (κ2) is 9.91. The number of carboxylic acids is 1. The molecule has 0 bridgehead atoms. The summed E-state index contributed by atoms with van der Waals surface area (Å²) in [6, 6.07) is 1.20. The molecule has 1 fully saturated rings. The van der Waals surface area contributed by atoms with Crippen LogP contribution in [-0.2, 0) is 22.6 Å². The number of nitrogens with zero attached hydrogens (tertiary/aromatic N) is 3. The molecule has 13 heteroatoms. The topological polar surface area (TPSA) is 105 Å². The fourth-order valence-electron chi connectivity index (χ4n) is 3.26. The molecule has 2 aromatic rings. The molecule has 9 nitrogen and oxygen atoms in total. The Labute approximate surface area is 185 Å². The quantitative estimate of drug-likeness (QED) is 0.582. The normalized spacial score (nSPS) is 17.7. The predicted molar refractivity (Wildman–Crippen MR) is 105 cm³/mol. The van der Waals surface area contributed by atoms with Crippen LogP contribution in [0.4, 0.5) is 17.6 Å². The first-order valence-electron chi connectivity index (χ1n) is 10.3. The predicted octanol–water partition coefficient (Wildman–Crippen LogP) is 3.26. The van der Waals surface area contributed by atoms with Crippen LogP contribution in [0, 0.1) is 5.82 Å². The highest BCUT2D eigenvalue weighted by Crippen LogP contribution is 2.30. The third kappa shape index (κ3) is 5.53. The lowest BCUT2D eigenvalue weighted by Gasteiger charge is -2.22. The number of carboxylic acid groups (broad SMARTS) is 1. The van der Waals surface area contributed by atoms with Crippen molar-refractivity contribution in [2.24, 2.45) is 0 Å². The van der Waals surface area contributed by atoms with Crippen molar-refractivity contribution in [3.8, 4) is 11.4 Å². The first-order chi connectivity index (χ1) is 15.5. The van der Waals surface area contributed by atoms with E-state index in [1.54, 1.807) is 6.92 Å². The highest BCUT2D eigenvalue weighted by atomic mass is 19.4. The standard InChI is InChI=1S/C20H23F4N3O6/c1-3-26-16(10-32-17-6-4-5-7-31-17)25-27(19(26)30)14-9-15(33-11(2)20(22,23)24)12(18(28)29)8-13(14)21/h8-9,11,17H,3-7,10H2,1-2H3,(H,28,29)/t11-,17?/m0/s1. The van der Waals surface area contributed by atoms with Crippen molar-refractivity contribution in [1.29, 1.82) is 0 Å². The molecule has 1 saturated heterocycles. The molecule has 0 radical (unpaired) electrons. The lowest BCUT2D eigenvalue weighted by atomic mass is 10.1. The third-order valence-corrected chi connectivity index (χ3v) is 5.06. The zero-order chi connectivity index (χ0) is 24.3. The van der Waals surface area contributed by atoms with Crippen LogP contribution >= 0.6 is 0 Å². The molecular formula is C20H23F4N3O6. The second-order valence-corrected chi connectivity index (χ2v) is 7.37. The Morgan fingerprint density at radius 1 is 1.36 bits per heavy atom. The van der Waals surface area contributed by atoms with Crippen LogP contribution in [0.5, 0.6) is 5.75 Å². The van der Waals surface area contributed by atoms with Gasteiger partial charge >= 0.3 is 17.8 Å². The zero-order valence-electron chi connectivity index (χ0n) is 17.9. The van der Waals surface area contributed by atoms with E-state index in [9.17, 15) is 32.3 Å². The largest absolute Gasteiger partial charge is 0.480 e. The SMILES string of the molecule is CCn1c(COC2CCCCO2)nn(-c2cc(O[C@@H](C)C(F)(F)F)c(C(=O)O)cc2F)c1=O. The van der Waals surface area contributed by atoms with E-state index in [0.717, 1.165) is 12.8 Å². The number of halogens is 4. The molecule has 0 saturated carbocycles. The molecule has 1 aromatic carbocycles. The van der Waals surface area contributed by atoms with Crippen LogP contribution in [0.1, 0.15) is 49.3 Å². The summed E-state index contributed by atoms with van der Waals surface area (Å²) in [5.74, 6) is -3.48. The van der Waals surface area contributed by atoms with Gasteiger partial charge in [0.15, 0.2) is 18.2 Å². The molecule has 1 N–H and O–H groups in total. The van der Waals surface area contributed by atoms with Crippen LogP contribution in [0.2, 0.25) is 0 Å². The minimum Gasteiger partial charge on any atom is -0.480 e. The summed E-state index contributed by atoms with van der Waals surface area (Å²) in [5, 5.41) is 13.3. The van der Waals surface area contributed by atoms with Crippen LogP contribution < -0.4 is 10.4 Å². The molecule has 0 amide bonds. The van der Waals surface area contributed by atoms with Gasteiger partial charge in [-0.25, -0.2) is 14.0 Å². The summed E-state index contributed by atoms with van der Waals surface area (Å²) in [6.07, 6.45) is -5.15. The minimum atomic E-state index is -4.79. The molecule has 3 rings (SSSR count). The number of hydrogen-bond acceptors (Lipinski definition) is 6. The number of aromatic nitrogens is 3. The summed E-state index contributed by atoms with van der Waals surface area (Å²) < 4.78 is 71.2. The van der Waals surface area contributed by atoms with Crippen molar-refractivity contribution in [1.82, 2.24) is 14.3 Å². The average molecular weight is 477 g/mol. The van der Waals surface area contributed by atoms with Crippen molar-refractivity contribution in [3.63, 3.8) is 0 Å². The molecule has 0 spiro atoms. The molecule has 1 aliphatic rings. The van der Waals surface area contributed by atoms with Crippen LogP contribution in [0.25, 0.3) is 5.69 Å². The second-order valence-electron chi connectivity index (χ2n) is 7.37. The smallest absolute Gasteiger partial charge is 0.425 e. The fraction of sp³-hybridized carbons (Fsp3) is 0.550. The lowest BCUT2D eigenvalue weighted by molar-refractivity contribution is -0.189. The number of hydrogen-bond donors (Lipinski definition) is 1. The Kier molecular flexibility index (Phi) is 7.42. The summed E-state index contributed by atoms with van der Waals surface area (Å²) in [6.45, 7) is 2.91. The summed E-state index contributed by atoms with van der Waals surface area (Å²) in [4.78, 5) is 24.2. The maximum atomic E-state index is 14.7. The van der Waals surface area contributed by atoms with Gasteiger partial charge in [-0.15, -0.1) is 5.10 Å². The van der Waals surface area contributed by atoms with E-state index in [-0.39, 0.29) is 19.0 Å². The van der Waals surface area contributed by atoms with Crippen molar-refractivity contribution >= 4 is 5.97 Å². The summed E-state index contributed by atoms with van der Waals surface area (Å²) >= 11 is 0. The van der Waals surface area contributed by atoms with E-state index in [0.29, 0.717) is 36.8 Å². The van der Waals surface area contributed by atoms with Crippen LogP contribution in [-0.4, -0.2) is 50.6 Å². The Balaban J connectivity index is 1.99. The van der Waals surface area contributed by atoms with E-state index in [1.165, 1.54) is 4.57 Å². The van der Waals surface area contributed by atoms with E-state index in [1.807, 2.05) is 0 Å². The molecular weight excluding hydrogens is 454 g/mol. The minimum absolute atomic E-state index is 0.121. The monoisotopic (exact) mass is 477 g/mol. The fourth-order valence-corrected chi connectivity index (χ4v) is 3.26. The van der Waals surface area contributed by atoms with Gasteiger partial charge in [0.1, 0.15) is 29.4 Å². The van der Waals surface area contributed by atoms with Gasteiger partial charge in [-0.1, -0.05) is 0 Å². The molecule has 2 heterocycles. The molecule has 1 unspecified atom stereocenters. The summed E-state index contributed by atoms with van der Waals surface area (Å²) in [7, 11) is 0. The number of ether oxygens (including phenoxy) is 3. The highest BCUT2D eigenvalue weighted by Gasteiger charge is 2.39. The van der Waals surface area contributed by atoms with Crippen molar-refractivity contribution in [2.75, 3.05) is 6.61 Å². The van der Waals surface area contributed by atoms with E-state index in [2.05, 4.69) is 5.10 Å². The van der Waals surface area contributed by atoms with Gasteiger partial charge in [0.05, 0.1) is 0 Å². The number of aromatic carboxylic acids is 1. The Morgan fingerprint density at radius 3 is 2.67 bits per heavy atom. The molecule has 182 valence electrons. The van der Waals surface area contributed by atoms with Gasteiger partial charge in [-0.3, -0.25) is 4.57 Å².